The predicted molar refractivity (Wildman–Crippen MR) is 90.7 cm³/mol. The number of halogens is 1. The van der Waals surface area contributed by atoms with E-state index in [9.17, 15) is 14.0 Å². The molecule has 0 bridgehead atoms. The number of aryl methyl sites for hydroxylation is 1. The lowest BCUT2D eigenvalue weighted by atomic mass is 10.1. The maximum atomic E-state index is 12.9. The molecule has 0 radical (unpaired) electrons. The van der Waals surface area contributed by atoms with Crippen LogP contribution in [0.3, 0.4) is 0 Å². The van der Waals surface area contributed by atoms with Crippen molar-refractivity contribution in [2.75, 3.05) is 4.90 Å². The summed E-state index contributed by atoms with van der Waals surface area (Å²) in [5, 5.41) is -0.326. The second-order valence-electron chi connectivity index (χ2n) is 5.09. The van der Waals surface area contributed by atoms with E-state index in [1.54, 1.807) is 30.3 Å². The summed E-state index contributed by atoms with van der Waals surface area (Å²) in [7, 11) is 0. The number of anilines is 1. The van der Waals surface area contributed by atoms with E-state index in [4.69, 9.17) is 0 Å². The lowest BCUT2D eigenvalue weighted by molar-refractivity contribution is -0.113. The van der Waals surface area contributed by atoms with Gasteiger partial charge in [-0.3, -0.25) is 9.59 Å². The molecule has 0 saturated carbocycles. The van der Waals surface area contributed by atoms with E-state index in [-0.39, 0.29) is 17.0 Å². The molecule has 3 rings (SSSR count). The second-order valence-corrected chi connectivity index (χ2v) is 6.08. The lowest BCUT2D eigenvalue weighted by Crippen LogP contribution is -2.27. The summed E-state index contributed by atoms with van der Waals surface area (Å²) >= 11 is 0.890. The van der Waals surface area contributed by atoms with Gasteiger partial charge in [0.2, 0.25) is 0 Å². The molecule has 2 aromatic carbocycles. The number of amides is 2. The van der Waals surface area contributed by atoms with Crippen molar-refractivity contribution in [1.29, 1.82) is 0 Å². The fourth-order valence-corrected chi connectivity index (χ4v) is 3.12. The molecule has 0 aliphatic carbocycles. The number of benzene rings is 2. The minimum atomic E-state index is -0.353. The fourth-order valence-electron chi connectivity index (χ4n) is 2.28. The van der Waals surface area contributed by atoms with Crippen LogP contribution in [-0.4, -0.2) is 11.1 Å². The predicted octanol–water partition coefficient (Wildman–Crippen LogP) is 4.63. The average Bonchev–Trinajstić information content (AvgIpc) is 2.84. The molecule has 0 atom stereocenters. The van der Waals surface area contributed by atoms with Crippen molar-refractivity contribution >= 4 is 34.7 Å². The maximum absolute atomic E-state index is 12.9. The van der Waals surface area contributed by atoms with Crippen LogP contribution in [0.15, 0.2) is 53.4 Å². The van der Waals surface area contributed by atoms with Crippen LogP contribution in [-0.2, 0) is 11.2 Å². The van der Waals surface area contributed by atoms with Gasteiger partial charge in [-0.15, -0.1) is 0 Å². The topological polar surface area (TPSA) is 37.4 Å². The van der Waals surface area contributed by atoms with Crippen LogP contribution in [0.1, 0.15) is 18.1 Å². The lowest BCUT2D eigenvalue weighted by Gasteiger charge is -2.12. The van der Waals surface area contributed by atoms with Gasteiger partial charge in [-0.25, -0.2) is 9.29 Å². The van der Waals surface area contributed by atoms with E-state index >= 15 is 0 Å². The Morgan fingerprint density at radius 3 is 2.30 bits per heavy atom. The smallest absolute Gasteiger partial charge is 0.268 e. The molecule has 116 valence electrons. The number of hydrogen-bond donors (Lipinski definition) is 0. The minimum Gasteiger partial charge on any atom is -0.268 e. The van der Waals surface area contributed by atoms with Crippen molar-refractivity contribution in [2.24, 2.45) is 0 Å². The van der Waals surface area contributed by atoms with Gasteiger partial charge in [0.05, 0.1) is 10.6 Å². The molecule has 1 heterocycles. The van der Waals surface area contributed by atoms with Gasteiger partial charge in [0, 0.05) is 0 Å². The highest BCUT2D eigenvalue weighted by molar-refractivity contribution is 8.19. The van der Waals surface area contributed by atoms with E-state index in [1.165, 1.54) is 17.0 Å². The van der Waals surface area contributed by atoms with Crippen LogP contribution >= 0.6 is 11.8 Å². The molecule has 2 aromatic rings. The van der Waals surface area contributed by atoms with Gasteiger partial charge in [-0.1, -0.05) is 31.2 Å². The summed E-state index contributed by atoms with van der Waals surface area (Å²) in [6.07, 6.45) is 2.50. The Morgan fingerprint density at radius 2 is 1.70 bits per heavy atom. The van der Waals surface area contributed by atoms with E-state index < -0.39 is 0 Å². The van der Waals surface area contributed by atoms with E-state index in [0.29, 0.717) is 16.2 Å². The number of imide groups is 1. The van der Waals surface area contributed by atoms with Crippen molar-refractivity contribution in [2.45, 2.75) is 13.3 Å². The second kappa shape index (κ2) is 6.38. The summed E-state index contributed by atoms with van der Waals surface area (Å²) in [5.41, 5.74) is 2.38. The standard InChI is InChI=1S/C18H14FNO2S/c1-2-12-5-9-15(10-6-12)20-17(21)16(23-18(20)22)11-13-3-7-14(19)8-4-13/h3-11H,2H2,1H3/b16-11-. The monoisotopic (exact) mass is 327 g/mol. The molecule has 0 unspecified atom stereocenters. The molecule has 23 heavy (non-hydrogen) atoms. The van der Waals surface area contributed by atoms with E-state index in [2.05, 4.69) is 0 Å². The Hall–Kier alpha value is -2.40. The molecule has 1 aliphatic rings. The zero-order valence-corrected chi connectivity index (χ0v) is 13.3. The largest absolute Gasteiger partial charge is 0.298 e. The maximum Gasteiger partial charge on any atom is 0.298 e. The van der Waals surface area contributed by atoms with Gasteiger partial charge >= 0.3 is 0 Å². The average molecular weight is 327 g/mol. The molecule has 1 saturated heterocycles. The van der Waals surface area contributed by atoms with Gasteiger partial charge in [-0.2, -0.15) is 0 Å². The van der Waals surface area contributed by atoms with Crippen LogP contribution in [0.5, 0.6) is 0 Å². The number of carbonyl (C=O) groups is 2. The highest BCUT2D eigenvalue weighted by Crippen LogP contribution is 2.35. The molecule has 0 spiro atoms. The third kappa shape index (κ3) is 3.19. The summed E-state index contributed by atoms with van der Waals surface area (Å²) in [6.45, 7) is 2.04. The summed E-state index contributed by atoms with van der Waals surface area (Å²) in [4.78, 5) is 26.1. The van der Waals surface area contributed by atoms with Crippen LogP contribution in [0.4, 0.5) is 14.9 Å². The SMILES string of the molecule is CCc1ccc(N2C(=O)S/C(=C\c3ccc(F)cc3)C2=O)cc1. The fraction of sp³-hybridized carbons (Fsp3) is 0.111. The van der Waals surface area contributed by atoms with Crippen molar-refractivity contribution in [3.05, 3.63) is 70.4 Å². The third-order valence-corrected chi connectivity index (χ3v) is 4.43. The van der Waals surface area contributed by atoms with Gasteiger partial charge in [0.25, 0.3) is 11.1 Å². The van der Waals surface area contributed by atoms with Crippen molar-refractivity contribution in [3.63, 3.8) is 0 Å². The Balaban J connectivity index is 1.88. The normalized spacial score (nSPS) is 16.4. The molecular weight excluding hydrogens is 313 g/mol. The highest BCUT2D eigenvalue weighted by Gasteiger charge is 2.36. The first-order valence-electron chi connectivity index (χ1n) is 7.21. The zero-order chi connectivity index (χ0) is 16.4. The van der Waals surface area contributed by atoms with Crippen LogP contribution in [0.25, 0.3) is 6.08 Å². The number of hydrogen-bond acceptors (Lipinski definition) is 3. The molecule has 2 amide bonds. The molecule has 3 nitrogen and oxygen atoms in total. The Labute approximate surface area is 137 Å². The number of carbonyl (C=O) groups excluding carboxylic acids is 2. The zero-order valence-electron chi connectivity index (χ0n) is 12.5. The quantitative estimate of drug-likeness (QED) is 0.771. The third-order valence-electron chi connectivity index (χ3n) is 3.56. The van der Waals surface area contributed by atoms with Gasteiger partial charge in [-0.05, 0) is 59.7 Å². The molecule has 5 heteroatoms. The summed E-state index contributed by atoms with van der Waals surface area (Å²) < 4.78 is 12.9. The van der Waals surface area contributed by atoms with Crippen molar-refractivity contribution in [1.82, 2.24) is 0 Å². The molecule has 0 N–H and O–H groups in total. The van der Waals surface area contributed by atoms with E-state index in [0.717, 1.165) is 23.7 Å². The number of thioether (sulfide) groups is 1. The van der Waals surface area contributed by atoms with Crippen LogP contribution < -0.4 is 4.90 Å². The Bertz CT molecular complexity index is 782. The minimum absolute atomic E-state index is 0.326. The molecule has 1 fully saturated rings. The van der Waals surface area contributed by atoms with Crippen LogP contribution in [0, 0.1) is 5.82 Å². The van der Waals surface area contributed by atoms with Crippen LogP contribution in [0.2, 0.25) is 0 Å². The van der Waals surface area contributed by atoms with E-state index in [1.807, 2.05) is 19.1 Å². The van der Waals surface area contributed by atoms with Gasteiger partial charge in [0.1, 0.15) is 5.82 Å². The molecule has 1 aliphatic heterocycles. The Morgan fingerprint density at radius 1 is 1.04 bits per heavy atom. The molecule has 0 aromatic heterocycles. The number of nitrogens with zero attached hydrogens (tertiary/aromatic N) is 1. The molecular formula is C18H14FNO2S. The van der Waals surface area contributed by atoms with Crippen molar-refractivity contribution < 1.29 is 14.0 Å². The summed E-state index contributed by atoms with van der Waals surface area (Å²) in [6, 6.07) is 13.1. The number of rotatable bonds is 3. The highest BCUT2D eigenvalue weighted by atomic mass is 32.2. The van der Waals surface area contributed by atoms with Crippen molar-refractivity contribution in [3.8, 4) is 0 Å². The first kappa shape index (κ1) is 15.5. The Kier molecular flexibility index (Phi) is 4.30. The first-order chi connectivity index (χ1) is 11.1. The van der Waals surface area contributed by atoms with Gasteiger partial charge in [0.15, 0.2) is 0 Å². The first-order valence-corrected chi connectivity index (χ1v) is 8.02. The van der Waals surface area contributed by atoms with Gasteiger partial charge < -0.3 is 0 Å². The summed E-state index contributed by atoms with van der Waals surface area (Å²) in [5.74, 6) is -0.695.